The molecule has 3 rings (SSSR count). The highest BCUT2D eigenvalue weighted by Gasteiger charge is 2.18. The fourth-order valence-electron chi connectivity index (χ4n) is 2.42. The van der Waals surface area contributed by atoms with Gasteiger partial charge in [0.25, 0.3) is 5.69 Å². The molecule has 1 atom stereocenters. The van der Waals surface area contributed by atoms with E-state index in [1.54, 1.807) is 25.3 Å². The zero-order chi connectivity index (χ0) is 16.4. The number of carbonyl (C=O) groups is 1. The predicted molar refractivity (Wildman–Crippen MR) is 85.2 cm³/mol. The monoisotopic (exact) mass is 310 g/mol. The van der Waals surface area contributed by atoms with Crippen LogP contribution in [0.5, 0.6) is 0 Å². The van der Waals surface area contributed by atoms with Gasteiger partial charge in [0.15, 0.2) is 0 Å². The SMILES string of the molecule is CC(OC(=O)c1c[nH]c2ccccc12)c1cccc([N+](=O)[O-])c1. The van der Waals surface area contributed by atoms with Crippen molar-refractivity contribution in [2.45, 2.75) is 13.0 Å². The highest BCUT2D eigenvalue weighted by Crippen LogP contribution is 2.25. The summed E-state index contributed by atoms with van der Waals surface area (Å²) in [5.41, 5.74) is 1.84. The quantitative estimate of drug-likeness (QED) is 0.448. The number of benzene rings is 2. The number of nitro benzene ring substituents is 1. The predicted octanol–water partition coefficient (Wildman–Crippen LogP) is 3.99. The van der Waals surface area contributed by atoms with E-state index in [4.69, 9.17) is 4.74 Å². The second-order valence-electron chi connectivity index (χ2n) is 5.15. The van der Waals surface area contributed by atoms with Crippen LogP contribution in [-0.2, 0) is 4.74 Å². The lowest BCUT2D eigenvalue weighted by molar-refractivity contribution is -0.385. The second kappa shape index (κ2) is 5.92. The van der Waals surface area contributed by atoms with E-state index in [0.717, 1.165) is 10.9 Å². The average molecular weight is 310 g/mol. The summed E-state index contributed by atoms with van der Waals surface area (Å²) in [6, 6.07) is 13.5. The van der Waals surface area contributed by atoms with Gasteiger partial charge in [-0.15, -0.1) is 0 Å². The van der Waals surface area contributed by atoms with Gasteiger partial charge in [0.2, 0.25) is 0 Å². The molecule has 0 saturated heterocycles. The Labute approximate surface area is 131 Å². The summed E-state index contributed by atoms with van der Waals surface area (Å²) in [5.74, 6) is -0.471. The highest BCUT2D eigenvalue weighted by molar-refractivity contribution is 6.04. The Morgan fingerprint density at radius 2 is 2.00 bits per heavy atom. The standard InChI is InChI=1S/C17H14N2O4/c1-11(12-5-4-6-13(9-12)19(21)22)23-17(20)15-10-18-16-8-3-2-7-14(15)16/h2-11,18H,1H3. The van der Waals surface area contributed by atoms with Gasteiger partial charge in [0.1, 0.15) is 6.10 Å². The number of carbonyl (C=O) groups excluding carboxylic acids is 1. The van der Waals surface area contributed by atoms with Crippen LogP contribution in [0.15, 0.2) is 54.7 Å². The average Bonchev–Trinajstić information content (AvgIpc) is 2.99. The number of para-hydroxylation sites is 1. The molecule has 2 aromatic carbocycles. The van der Waals surface area contributed by atoms with Crippen molar-refractivity contribution < 1.29 is 14.5 Å². The van der Waals surface area contributed by atoms with Gasteiger partial charge in [0.05, 0.1) is 10.5 Å². The third kappa shape index (κ3) is 2.91. The van der Waals surface area contributed by atoms with Crippen molar-refractivity contribution >= 4 is 22.6 Å². The Balaban J connectivity index is 1.82. The molecule has 1 unspecified atom stereocenters. The molecule has 3 aromatic rings. The molecule has 0 radical (unpaired) electrons. The molecule has 0 spiro atoms. The van der Waals surface area contributed by atoms with Gasteiger partial charge in [0, 0.05) is 29.2 Å². The lowest BCUT2D eigenvalue weighted by atomic mass is 10.1. The molecule has 0 amide bonds. The van der Waals surface area contributed by atoms with Crippen molar-refractivity contribution in [3.8, 4) is 0 Å². The van der Waals surface area contributed by atoms with Crippen LogP contribution < -0.4 is 0 Å². The Bertz CT molecular complexity index is 885. The van der Waals surface area contributed by atoms with E-state index in [-0.39, 0.29) is 5.69 Å². The number of fused-ring (bicyclic) bond motifs is 1. The zero-order valence-corrected chi connectivity index (χ0v) is 12.4. The maximum absolute atomic E-state index is 12.3. The van der Waals surface area contributed by atoms with Gasteiger partial charge in [-0.25, -0.2) is 4.79 Å². The summed E-state index contributed by atoms with van der Waals surface area (Å²) < 4.78 is 5.44. The molecule has 1 N–H and O–H groups in total. The van der Waals surface area contributed by atoms with Gasteiger partial charge in [-0.05, 0) is 18.6 Å². The molecule has 116 valence electrons. The van der Waals surface area contributed by atoms with E-state index in [0.29, 0.717) is 11.1 Å². The van der Waals surface area contributed by atoms with Crippen molar-refractivity contribution in [3.63, 3.8) is 0 Å². The second-order valence-corrected chi connectivity index (χ2v) is 5.15. The van der Waals surface area contributed by atoms with Gasteiger partial charge < -0.3 is 9.72 Å². The van der Waals surface area contributed by atoms with Gasteiger partial charge in [-0.3, -0.25) is 10.1 Å². The number of aromatic nitrogens is 1. The molecule has 0 bridgehead atoms. The van der Waals surface area contributed by atoms with E-state index >= 15 is 0 Å². The minimum atomic E-state index is -0.587. The lowest BCUT2D eigenvalue weighted by Gasteiger charge is -2.13. The van der Waals surface area contributed by atoms with Crippen LogP contribution in [0.25, 0.3) is 10.9 Å². The smallest absolute Gasteiger partial charge is 0.340 e. The van der Waals surface area contributed by atoms with Crippen LogP contribution in [0.4, 0.5) is 5.69 Å². The molecule has 0 aliphatic rings. The molecule has 0 fully saturated rings. The van der Waals surface area contributed by atoms with Crippen LogP contribution in [0.3, 0.4) is 0 Å². The zero-order valence-electron chi connectivity index (χ0n) is 12.4. The molecule has 0 aliphatic heterocycles. The normalized spacial score (nSPS) is 12.0. The Morgan fingerprint density at radius 1 is 1.22 bits per heavy atom. The summed E-state index contributed by atoms with van der Waals surface area (Å²) in [6.45, 7) is 1.69. The summed E-state index contributed by atoms with van der Waals surface area (Å²) in [7, 11) is 0. The number of nitro groups is 1. The Morgan fingerprint density at radius 3 is 2.78 bits per heavy atom. The van der Waals surface area contributed by atoms with Gasteiger partial charge in [-0.2, -0.15) is 0 Å². The maximum atomic E-state index is 12.3. The largest absolute Gasteiger partial charge is 0.454 e. The fraction of sp³-hybridized carbons (Fsp3) is 0.118. The Hall–Kier alpha value is -3.15. The summed E-state index contributed by atoms with van der Waals surface area (Å²) >= 11 is 0. The molecule has 1 aromatic heterocycles. The van der Waals surface area contributed by atoms with Crippen molar-refractivity contribution in [2.24, 2.45) is 0 Å². The molecule has 0 aliphatic carbocycles. The van der Waals surface area contributed by atoms with Crippen molar-refractivity contribution in [1.82, 2.24) is 4.98 Å². The van der Waals surface area contributed by atoms with Crippen LogP contribution in [0.1, 0.15) is 28.9 Å². The third-order valence-corrected chi connectivity index (χ3v) is 3.64. The fourth-order valence-corrected chi connectivity index (χ4v) is 2.42. The van der Waals surface area contributed by atoms with E-state index in [9.17, 15) is 14.9 Å². The molecule has 6 heteroatoms. The number of esters is 1. The first-order chi connectivity index (χ1) is 11.1. The molecule has 6 nitrogen and oxygen atoms in total. The van der Waals surface area contributed by atoms with Crippen LogP contribution in [0.2, 0.25) is 0 Å². The van der Waals surface area contributed by atoms with Gasteiger partial charge >= 0.3 is 5.97 Å². The topological polar surface area (TPSA) is 85.2 Å². The number of H-pyrrole nitrogens is 1. The number of aromatic amines is 1. The number of rotatable bonds is 4. The minimum absolute atomic E-state index is 0.0301. The first-order valence-corrected chi connectivity index (χ1v) is 7.07. The highest BCUT2D eigenvalue weighted by atomic mass is 16.6. The van der Waals surface area contributed by atoms with E-state index in [2.05, 4.69) is 4.98 Å². The summed E-state index contributed by atoms with van der Waals surface area (Å²) in [6.07, 6.45) is 1.02. The summed E-state index contributed by atoms with van der Waals surface area (Å²) in [5, 5.41) is 11.6. The van der Waals surface area contributed by atoms with Crippen LogP contribution >= 0.6 is 0 Å². The maximum Gasteiger partial charge on any atom is 0.340 e. The molecular weight excluding hydrogens is 296 g/mol. The molecule has 23 heavy (non-hydrogen) atoms. The number of nitrogens with zero attached hydrogens (tertiary/aromatic N) is 1. The van der Waals surface area contributed by atoms with Crippen LogP contribution in [-0.4, -0.2) is 15.9 Å². The molecule has 1 heterocycles. The van der Waals surface area contributed by atoms with Crippen molar-refractivity contribution in [3.05, 3.63) is 76.0 Å². The third-order valence-electron chi connectivity index (χ3n) is 3.64. The minimum Gasteiger partial charge on any atom is -0.454 e. The summed E-state index contributed by atoms with van der Waals surface area (Å²) in [4.78, 5) is 25.7. The number of non-ortho nitro benzene ring substituents is 1. The van der Waals surface area contributed by atoms with E-state index < -0.39 is 17.0 Å². The van der Waals surface area contributed by atoms with E-state index in [1.165, 1.54) is 12.1 Å². The van der Waals surface area contributed by atoms with Crippen LogP contribution in [0, 0.1) is 10.1 Å². The Kier molecular flexibility index (Phi) is 3.80. The molecular formula is C17H14N2O4. The number of ether oxygens (including phenoxy) is 1. The lowest BCUT2D eigenvalue weighted by Crippen LogP contribution is -2.09. The molecule has 0 saturated carbocycles. The van der Waals surface area contributed by atoms with E-state index in [1.807, 2.05) is 24.3 Å². The number of hydrogen-bond acceptors (Lipinski definition) is 4. The first-order valence-electron chi connectivity index (χ1n) is 7.07. The van der Waals surface area contributed by atoms with Crippen molar-refractivity contribution in [2.75, 3.05) is 0 Å². The first kappa shape index (κ1) is 14.8. The number of hydrogen-bond donors (Lipinski definition) is 1. The van der Waals surface area contributed by atoms with Gasteiger partial charge in [-0.1, -0.05) is 30.3 Å². The van der Waals surface area contributed by atoms with Crippen molar-refractivity contribution in [1.29, 1.82) is 0 Å². The number of nitrogens with one attached hydrogen (secondary N) is 1.